The quantitative estimate of drug-likeness (QED) is 0.842. The van der Waals surface area contributed by atoms with Crippen LogP contribution in [0, 0.1) is 6.92 Å². The summed E-state index contributed by atoms with van der Waals surface area (Å²) in [5, 5.41) is 10.0. The van der Waals surface area contributed by atoms with Crippen LogP contribution in [-0.2, 0) is 9.53 Å². The van der Waals surface area contributed by atoms with Crippen molar-refractivity contribution in [1.29, 1.82) is 0 Å². The fourth-order valence-corrected chi connectivity index (χ4v) is 1.87. The van der Waals surface area contributed by atoms with Crippen LogP contribution in [0.4, 0.5) is 0 Å². The van der Waals surface area contributed by atoms with Crippen molar-refractivity contribution < 1.29 is 19.4 Å². The van der Waals surface area contributed by atoms with Crippen LogP contribution in [0.2, 0.25) is 5.02 Å². The molecule has 4 nitrogen and oxygen atoms in total. The lowest BCUT2D eigenvalue weighted by Crippen LogP contribution is -2.16. The number of aliphatic hydroxyl groups is 1. The van der Waals surface area contributed by atoms with Crippen molar-refractivity contribution in [2.24, 2.45) is 0 Å². The molecule has 0 amide bonds. The van der Waals surface area contributed by atoms with Crippen molar-refractivity contribution in [2.45, 2.75) is 20.0 Å². The van der Waals surface area contributed by atoms with Gasteiger partial charge in [0.15, 0.2) is 6.10 Å². The Morgan fingerprint density at radius 2 is 2.18 bits per heavy atom. The van der Waals surface area contributed by atoms with Gasteiger partial charge in [-0.1, -0.05) is 23.7 Å². The molecule has 1 atom stereocenters. The number of ether oxygens (including phenoxy) is 2. The van der Waals surface area contributed by atoms with Crippen LogP contribution < -0.4 is 4.74 Å². The third kappa shape index (κ3) is 2.90. The molecule has 0 aliphatic rings. The van der Waals surface area contributed by atoms with Gasteiger partial charge in [0, 0.05) is 5.56 Å². The van der Waals surface area contributed by atoms with Gasteiger partial charge in [-0.05, 0) is 19.4 Å². The molecule has 0 saturated heterocycles. The Labute approximate surface area is 105 Å². The highest BCUT2D eigenvalue weighted by Crippen LogP contribution is 2.35. The molecule has 94 valence electrons. The number of esters is 1. The molecule has 0 aliphatic carbocycles. The second-order valence-electron chi connectivity index (χ2n) is 3.47. The highest BCUT2D eigenvalue weighted by Gasteiger charge is 2.23. The molecule has 1 rings (SSSR count). The van der Waals surface area contributed by atoms with E-state index < -0.39 is 12.1 Å². The van der Waals surface area contributed by atoms with Gasteiger partial charge in [0.05, 0.1) is 18.7 Å². The Bertz CT molecular complexity index is 417. The summed E-state index contributed by atoms with van der Waals surface area (Å²) in [7, 11) is 1.48. The van der Waals surface area contributed by atoms with Crippen LogP contribution in [0.15, 0.2) is 12.1 Å². The Morgan fingerprint density at radius 1 is 1.53 bits per heavy atom. The minimum Gasteiger partial charge on any atom is -0.495 e. The minimum absolute atomic E-state index is 0.205. The molecule has 17 heavy (non-hydrogen) atoms. The predicted molar refractivity (Wildman–Crippen MR) is 64.3 cm³/mol. The summed E-state index contributed by atoms with van der Waals surface area (Å²) in [5.74, 6) is -0.271. The van der Waals surface area contributed by atoms with Crippen molar-refractivity contribution in [3.63, 3.8) is 0 Å². The molecule has 1 aromatic carbocycles. The van der Waals surface area contributed by atoms with Crippen LogP contribution in [0.1, 0.15) is 24.2 Å². The Balaban J connectivity index is 3.10. The fourth-order valence-electron chi connectivity index (χ4n) is 1.48. The van der Waals surface area contributed by atoms with Crippen molar-refractivity contribution in [2.75, 3.05) is 13.7 Å². The maximum absolute atomic E-state index is 11.4. The zero-order chi connectivity index (χ0) is 13.0. The van der Waals surface area contributed by atoms with E-state index in [1.54, 1.807) is 19.1 Å². The van der Waals surface area contributed by atoms with E-state index in [-0.39, 0.29) is 17.2 Å². The summed E-state index contributed by atoms with van der Waals surface area (Å²) in [6, 6.07) is 3.31. The van der Waals surface area contributed by atoms with Gasteiger partial charge in [-0.3, -0.25) is 0 Å². The molecule has 0 fully saturated rings. The molecule has 5 heteroatoms. The van der Waals surface area contributed by atoms with Crippen LogP contribution >= 0.6 is 11.6 Å². The van der Waals surface area contributed by atoms with Crippen molar-refractivity contribution in [3.8, 4) is 5.75 Å². The highest BCUT2D eigenvalue weighted by molar-refractivity contribution is 6.33. The van der Waals surface area contributed by atoms with Crippen molar-refractivity contribution >= 4 is 17.6 Å². The van der Waals surface area contributed by atoms with Gasteiger partial charge in [-0.25, -0.2) is 4.79 Å². The van der Waals surface area contributed by atoms with Crippen LogP contribution in [0.25, 0.3) is 0 Å². The molecule has 0 heterocycles. The average Bonchev–Trinajstić information content (AvgIpc) is 2.29. The second kappa shape index (κ2) is 5.89. The standard InChI is InChI=1S/C12H15ClO4/c1-4-17-12(15)10(14)8-6-5-7(2)11(16-3)9(8)13/h5-6,10,14H,4H2,1-3H3. The number of rotatable bonds is 4. The summed E-state index contributed by atoms with van der Waals surface area (Å²) in [6.45, 7) is 3.70. The maximum Gasteiger partial charge on any atom is 0.339 e. The van der Waals surface area contributed by atoms with E-state index in [1.807, 2.05) is 6.92 Å². The number of hydrogen-bond donors (Lipinski definition) is 1. The molecule has 1 aromatic rings. The van der Waals surface area contributed by atoms with Crippen LogP contribution in [0.5, 0.6) is 5.75 Å². The number of aryl methyl sites for hydroxylation is 1. The van der Waals surface area contributed by atoms with Gasteiger partial charge in [0.2, 0.25) is 0 Å². The molecule has 1 unspecified atom stereocenters. The number of carbonyl (C=O) groups excluding carboxylic acids is 1. The monoisotopic (exact) mass is 258 g/mol. The van der Waals surface area contributed by atoms with Crippen LogP contribution in [0.3, 0.4) is 0 Å². The van der Waals surface area contributed by atoms with Crippen molar-refractivity contribution in [3.05, 3.63) is 28.3 Å². The predicted octanol–water partition coefficient (Wildman–Crippen LogP) is 2.25. The van der Waals surface area contributed by atoms with Gasteiger partial charge < -0.3 is 14.6 Å². The number of benzene rings is 1. The summed E-state index contributed by atoms with van der Waals surface area (Å²) < 4.78 is 9.84. The van der Waals surface area contributed by atoms with Gasteiger partial charge in [0.1, 0.15) is 5.75 Å². The first-order valence-electron chi connectivity index (χ1n) is 5.20. The van der Waals surface area contributed by atoms with Gasteiger partial charge in [0.25, 0.3) is 0 Å². The molecule has 0 spiro atoms. The van der Waals surface area contributed by atoms with Crippen molar-refractivity contribution in [1.82, 2.24) is 0 Å². The Kier molecular flexibility index (Phi) is 4.78. The maximum atomic E-state index is 11.4. The first kappa shape index (κ1) is 13.8. The molecule has 0 aromatic heterocycles. The molecule has 1 N–H and O–H groups in total. The van der Waals surface area contributed by atoms with Gasteiger partial charge in [-0.2, -0.15) is 0 Å². The molecule has 0 radical (unpaired) electrons. The minimum atomic E-state index is -1.39. The molecular weight excluding hydrogens is 244 g/mol. The average molecular weight is 259 g/mol. The number of hydrogen-bond acceptors (Lipinski definition) is 4. The largest absolute Gasteiger partial charge is 0.495 e. The molecule has 0 aliphatic heterocycles. The van der Waals surface area contributed by atoms with E-state index in [1.165, 1.54) is 7.11 Å². The highest BCUT2D eigenvalue weighted by atomic mass is 35.5. The molecular formula is C12H15ClO4. The summed E-state index contributed by atoms with van der Waals surface area (Å²) in [4.78, 5) is 11.4. The van der Waals surface area contributed by atoms with E-state index >= 15 is 0 Å². The van der Waals surface area contributed by atoms with E-state index in [9.17, 15) is 9.90 Å². The zero-order valence-electron chi connectivity index (χ0n) is 9.99. The van der Waals surface area contributed by atoms with Gasteiger partial charge in [-0.15, -0.1) is 0 Å². The lowest BCUT2D eigenvalue weighted by atomic mass is 10.1. The first-order chi connectivity index (χ1) is 8.02. The fraction of sp³-hybridized carbons (Fsp3) is 0.417. The number of halogens is 1. The third-order valence-corrected chi connectivity index (χ3v) is 2.72. The number of carbonyl (C=O) groups is 1. The Hall–Kier alpha value is -1.26. The Morgan fingerprint density at radius 3 is 2.71 bits per heavy atom. The van der Waals surface area contributed by atoms with Crippen LogP contribution in [-0.4, -0.2) is 24.8 Å². The summed E-state index contributed by atoms with van der Waals surface area (Å²) >= 11 is 6.06. The zero-order valence-corrected chi connectivity index (χ0v) is 10.7. The van der Waals surface area contributed by atoms with E-state index in [2.05, 4.69) is 0 Å². The SMILES string of the molecule is CCOC(=O)C(O)c1ccc(C)c(OC)c1Cl. The lowest BCUT2D eigenvalue weighted by molar-refractivity contribution is -0.153. The normalized spacial score (nSPS) is 12.1. The van der Waals surface area contributed by atoms with E-state index in [0.717, 1.165) is 5.56 Å². The lowest BCUT2D eigenvalue weighted by Gasteiger charge is -2.15. The van der Waals surface area contributed by atoms with E-state index in [4.69, 9.17) is 21.1 Å². The first-order valence-corrected chi connectivity index (χ1v) is 5.58. The topological polar surface area (TPSA) is 55.8 Å². The molecule has 0 bridgehead atoms. The third-order valence-electron chi connectivity index (χ3n) is 2.33. The van der Waals surface area contributed by atoms with E-state index in [0.29, 0.717) is 5.75 Å². The number of aliphatic hydroxyl groups excluding tert-OH is 1. The molecule has 0 saturated carbocycles. The number of methoxy groups -OCH3 is 1. The summed E-state index contributed by atoms with van der Waals surface area (Å²) in [5.41, 5.74) is 1.12. The smallest absolute Gasteiger partial charge is 0.339 e. The van der Waals surface area contributed by atoms with Gasteiger partial charge >= 0.3 is 5.97 Å². The summed E-state index contributed by atoms with van der Waals surface area (Å²) in [6.07, 6.45) is -1.39. The second-order valence-corrected chi connectivity index (χ2v) is 3.85.